The minimum atomic E-state index is 0.467. The molecule has 0 atom stereocenters. The Morgan fingerprint density at radius 3 is 2.45 bits per heavy atom. The smallest absolute Gasteiger partial charge is 0.179 e. The van der Waals surface area contributed by atoms with Gasteiger partial charge in [-0.3, -0.25) is 0 Å². The third-order valence-electron chi connectivity index (χ3n) is 5.69. The summed E-state index contributed by atoms with van der Waals surface area (Å²) in [5, 5.41) is 15.1. The number of para-hydroxylation sites is 1. The van der Waals surface area contributed by atoms with E-state index < -0.39 is 0 Å². The molecular weight excluding hydrogens is 410 g/mol. The van der Waals surface area contributed by atoms with Crippen molar-refractivity contribution in [2.75, 3.05) is 0 Å². The van der Waals surface area contributed by atoms with Crippen LogP contribution in [-0.2, 0) is 19.4 Å². The van der Waals surface area contributed by atoms with Crippen LogP contribution in [0.15, 0.2) is 84.9 Å². The highest BCUT2D eigenvalue weighted by Gasteiger charge is 2.03. The van der Waals surface area contributed by atoms with Gasteiger partial charge in [0.05, 0.1) is 11.2 Å². The van der Waals surface area contributed by atoms with Crippen LogP contribution in [0, 0.1) is 0 Å². The lowest BCUT2D eigenvalue weighted by Crippen LogP contribution is -1.99. The molecule has 1 N–H and O–H groups in total. The van der Waals surface area contributed by atoms with Crippen LogP contribution in [0.25, 0.3) is 22.3 Å². The summed E-state index contributed by atoms with van der Waals surface area (Å²) in [5.74, 6) is 1.58. The van der Waals surface area contributed by atoms with Crippen molar-refractivity contribution in [3.63, 3.8) is 0 Å². The summed E-state index contributed by atoms with van der Waals surface area (Å²) in [5.41, 5.74) is 5.56. The van der Waals surface area contributed by atoms with E-state index in [0.717, 1.165) is 53.6 Å². The Morgan fingerprint density at radius 1 is 0.758 bits per heavy atom. The molecule has 0 saturated heterocycles. The number of unbranched alkanes of at least 4 members (excludes halogenated alkanes) is 1. The van der Waals surface area contributed by atoms with Crippen molar-refractivity contribution < 1.29 is 4.74 Å². The van der Waals surface area contributed by atoms with E-state index >= 15 is 0 Å². The molecular formula is C27H25N5O. The van der Waals surface area contributed by atoms with Gasteiger partial charge in [-0.05, 0) is 71.5 Å². The normalized spacial score (nSPS) is 11.0. The monoisotopic (exact) mass is 435 g/mol. The predicted molar refractivity (Wildman–Crippen MR) is 129 cm³/mol. The minimum absolute atomic E-state index is 0.467. The Bertz CT molecular complexity index is 1320. The lowest BCUT2D eigenvalue weighted by molar-refractivity contribution is 0.301. The Morgan fingerprint density at radius 2 is 1.61 bits per heavy atom. The molecule has 5 aromatic rings. The number of aryl methyl sites for hydroxylation is 2. The van der Waals surface area contributed by atoms with Crippen LogP contribution in [0.4, 0.5) is 0 Å². The van der Waals surface area contributed by atoms with Crippen LogP contribution in [0.1, 0.15) is 29.7 Å². The summed E-state index contributed by atoms with van der Waals surface area (Å²) in [7, 11) is 0. The number of aromatic amines is 1. The fraction of sp³-hybridized carbons (Fsp3) is 0.185. The first-order chi connectivity index (χ1) is 16.3. The topological polar surface area (TPSA) is 76.6 Å². The minimum Gasteiger partial charge on any atom is -0.487 e. The Hall–Kier alpha value is -4.06. The average Bonchev–Trinajstić information content (AvgIpc) is 3.41. The largest absolute Gasteiger partial charge is 0.487 e. The molecule has 0 radical (unpaired) electrons. The molecule has 3 aromatic carbocycles. The van der Waals surface area contributed by atoms with Gasteiger partial charge in [-0.25, -0.2) is 10.1 Å². The van der Waals surface area contributed by atoms with Gasteiger partial charge in [-0.2, -0.15) is 0 Å². The molecule has 0 spiro atoms. The summed E-state index contributed by atoms with van der Waals surface area (Å²) >= 11 is 0. The molecule has 0 saturated carbocycles. The molecule has 0 bridgehead atoms. The van der Waals surface area contributed by atoms with Gasteiger partial charge >= 0.3 is 0 Å². The van der Waals surface area contributed by atoms with E-state index in [-0.39, 0.29) is 0 Å². The first-order valence-electron chi connectivity index (χ1n) is 11.2. The van der Waals surface area contributed by atoms with Crippen LogP contribution in [0.2, 0.25) is 0 Å². The molecule has 164 valence electrons. The number of nitrogens with zero attached hydrogens (tertiary/aromatic N) is 4. The molecule has 2 aromatic heterocycles. The molecule has 33 heavy (non-hydrogen) atoms. The van der Waals surface area contributed by atoms with Gasteiger partial charge in [0.1, 0.15) is 12.4 Å². The van der Waals surface area contributed by atoms with Gasteiger partial charge in [0.15, 0.2) is 5.82 Å². The number of rotatable bonds is 9. The number of aromatic nitrogens is 5. The second kappa shape index (κ2) is 10.0. The van der Waals surface area contributed by atoms with Crippen molar-refractivity contribution in [3.8, 4) is 17.1 Å². The fourth-order valence-electron chi connectivity index (χ4n) is 3.91. The van der Waals surface area contributed by atoms with Gasteiger partial charge in [-0.15, -0.1) is 5.10 Å². The zero-order valence-electron chi connectivity index (χ0n) is 18.3. The van der Waals surface area contributed by atoms with Crippen molar-refractivity contribution in [2.45, 2.75) is 32.3 Å². The summed E-state index contributed by atoms with van der Waals surface area (Å²) in [6.45, 7) is 0.467. The highest BCUT2D eigenvalue weighted by Crippen LogP contribution is 2.19. The van der Waals surface area contributed by atoms with Crippen LogP contribution in [0.5, 0.6) is 5.75 Å². The Balaban J connectivity index is 1.10. The SMILES string of the molecule is c1cc(CCCCc2ccc(-c3nnn[nH]3)cc2)cc(OCc2ccc3ccccc3n2)c1. The molecule has 0 amide bonds. The predicted octanol–water partition coefficient (Wildman–Crippen LogP) is 5.56. The van der Waals surface area contributed by atoms with Gasteiger partial charge in [0, 0.05) is 10.9 Å². The molecule has 0 unspecified atom stereocenters. The molecule has 0 aliphatic carbocycles. The first kappa shape index (κ1) is 20.8. The van der Waals surface area contributed by atoms with E-state index in [1.165, 1.54) is 11.1 Å². The second-order valence-corrected chi connectivity index (χ2v) is 8.09. The van der Waals surface area contributed by atoms with Crippen LogP contribution in [-0.4, -0.2) is 25.6 Å². The van der Waals surface area contributed by atoms with Crippen molar-refractivity contribution in [1.82, 2.24) is 25.6 Å². The van der Waals surface area contributed by atoms with Crippen molar-refractivity contribution >= 4 is 10.9 Å². The highest BCUT2D eigenvalue weighted by atomic mass is 16.5. The zero-order chi connectivity index (χ0) is 22.3. The molecule has 6 nitrogen and oxygen atoms in total. The summed E-state index contributed by atoms with van der Waals surface area (Å²) in [4.78, 5) is 4.69. The van der Waals surface area contributed by atoms with Crippen LogP contribution in [0.3, 0.4) is 0 Å². The van der Waals surface area contributed by atoms with E-state index in [1.54, 1.807) is 0 Å². The molecule has 6 heteroatoms. The molecule has 5 rings (SSSR count). The molecule has 0 aliphatic heterocycles. The number of tetrazole rings is 1. The van der Waals surface area contributed by atoms with Gasteiger partial charge in [-0.1, -0.05) is 60.7 Å². The van der Waals surface area contributed by atoms with Crippen molar-refractivity contribution in [2.24, 2.45) is 0 Å². The number of hydrogen-bond acceptors (Lipinski definition) is 5. The third-order valence-corrected chi connectivity index (χ3v) is 5.69. The average molecular weight is 436 g/mol. The van der Waals surface area contributed by atoms with Crippen molar-refractivity contribution in [3.05, 3.63) is 102 Å². The van der Waals surface area contributed by atoms with E-state index in [2.05, 4.69) is 80.2 Å². The lowest BCUT2D eigenvalue weighted by Gasteiger charge is -2.09. The lowest BCUT2D eigenvalue weighted by atomic mass is 10.0. The fourth-order valence-corrected chi connectivity index (χ4v) is 3.91. The van der Waals surface area contributed by atoms with E-state index in [1.807, 2.05) is 30.3 Å². The molecule has 0 fully saturated rings. The standard InChI is InChI=1S/C27H25N5O/c1(6-20-12-14-23(15-13-20)27-29-31-32-30-27)2-7-21-8-5-10-25(18-21)33-19-24-17-16-22-9-3-4-11-26(22)28-24/h3-5,8-18H,1-2,6-7,19H2,(H,29,30,31,32). The maximum absolute atomic E-state index is 6.02. The van der Waals surface area contributed by atoms with E-state index in [9.17, 15) is 0 Å². The number of fused-ring (bicyclic) bond motifs is 1. The summed E-state index contributed by atoms with van der Waals surface area (Å²) in [6.07, 6.45) is 4.35. The van der Waals surface area contributed by atoms with Crippen LogP contribution >= 0.6 is 0 Å². The maximum Gasteiger partial charge on any atom is 0.179 e. The maximum atomic E-state index is 6.02. The summed E-state index contributed by atoms with van der Waals surface area (Å²) < 4.78 is 6.02. The Labute approximate surface area is 192 Å². The highest BCUT2D eigenvalue weighted by molar-refractivity contribution is 5.78. The van der Waals surface area contributed by atoms with E-state index in [0.29, 0.717) is 12.4 Å². The molecule has 0 aliphatic rings. The van der Waals surface area contributed by atoms with Crippen LogP contribution < -0.4 is 4.74 Å². The van der Waals surface area contributed by atoms with Gasteiger partial charge in [0.25, 0.3) is 0 Å². The van der Waals surface area contributed by atoms with Gasteiger partial charge < -0.3 is 4.74 Å². The summed E-state index contributed by atoms with van der Waals surface area (Å²) in [6, 6.07) is 29.1. The van der Waals surface area contributed by atoms with E-state index in [4.69, 9.17) is 4.74 Å². The number of nitrogens with one attached hydrogen (secondary N) is 1. The zero-order valence-corrected chi connectivity index (χ0v) is 18.3. The Kier molecular flexibility index (Phi) is 6.33. The second-order valence-electron chi connectivity index (χ2n) is 8.09. The number of pyridine rings is 1. The number of hydrogen-bond donors (Lipinski definition) is 1. The number of benzene rings is 3. The molecule has 2 heterocycles. The number of ether oxygens (including phenoxy) is 1. The first-order valence-corrected chi connectivity index (χ1v) is 11.2. The number of H-pyrrole nitrogens is 1. The van der Waals surface area contributed by atoms with Crippen molar-refractivity contribution in [1.29, 1.82) is 0 Å². The third kappa shape index (κ3) is 5.41. The quantitative estimate of drug-likeness (QED) is 0.307. The van der Waals surface area contributed by atoms with Gasteiger partial charge in [0.2, 0.25) is 0 Å².